The van der Waals surface area contributed by atoms with Crippen LogP contribution in [0.4, 0.5) is 0 Å². The third-order valence-electron chi connectivity index (χ3n) is 2.67. The topological polar surface area (TPSA) is 0 Å². The monoisotopic (exact) mass is 194 g/mol. The fourth-order valence-electron chi connectivity index (χ4n) is 1.71. The van der Waals surface area contributed by atoms with E-state index >= 15 is 0 Å². The summed E-state index contributed by atoms with van der Waals surface area (Å²) in [6.07, 6.45) is 12.3. The van der Waals surface area contributed by atoms with E-state index in [0.717, 1.165) is 0 Å². The van der Waals surface area contributed by atoms with Crippen LogP contribution in [0, 0.1) is 0 Å². The van der Waals surface area contributed by atoms with Gasteiger partial charge < -0.3 is 0 Å². The molecule has 0 heterocycles. The van der Waals surface area contributed by atoms with Gasteiger partial charge in [-0.2, -0.15) is 0 Å². The highest BCUT2D eigenvalue weighted by Gasteiger charge is 2.07. The van der Waals surface area contributed by atoms with E-state index in [1.54, 1.807) is 0 Å². The van der Waals surface area contributed by atoms with Crippen LogP contribution in [0.5, 0.6) is 0 Å². The largest absolute Gasteiger partial charge is 0.0738 e. The molecule has 0 fully saturated rings. The van der Waals surface area contributed by atoms with Crippen molar-refractivity contribution in [3.8, 4) is 0 Å². The van der Waals surface area contributed by atoms with Crippen LogP contribution in [-0.2, 0) is 0 Å². The Hall–Kier alpha value is 0.0649. The standard InChI is InChI=1S/C13H27B/c1-4-5-6-7-8-9-10-11-12-13(2,3)14/h4-12H2,1-3H3. The molecule has 0 aliphatic rings. The van der Waals surface area contributed by atoms with Gasteiger partial charge in [0.25, 0.3) is 0 Å². The molecule has 2 radical (unpaired) electrons. The summed E-state index contributed by atoms with van der Waals surface area (Å²) in [4.78, 5) is 0. The first-order valence-corrected chi connectivity index (χ1v) is 6.35. The molecule has 0 atom stereocenters. The van der Waals surface area contributed by atoms with Gasteiger partial charge in [-0.3, -0.25) is 0 Å². The summed E-state index contributed by atoms with van der Waals surface area (Å²) in [6.45, 7) is 6.51. The minimum Gasteiger partial charge on any atom is -0.0716 e. The molecule has 0 nitrogen and oxygen atoms in total. The molecule has 0 bridgehead atoms. The van der Waals surface area contributed by atoms with Gasteiger partial charge in [-0.15, -0.1) is 0 Å². The van der Waals surface area contributed by atoms with E-state index in [-0.39, 0.29) is 5.31 Å². The molecule has 0 aromatic carbocycles. The quantitative estimate of drug-likeness (QED) is 0.362. The Morgan fingerprint density at radius 3 is 1.64 bits per heavy atom. The summed E-state index contributed by atoms with van der Waals surface area (Å²) in [5.74, 6) is 0. The van der Waals surface area contributed by atoms with Crippen LogP contribution < -0.4 is 0 Å². The number of hydrogen-bond donors (Lipinski definition) is 0. The van der Waals surface area contributed by atoms with Crippen molar-refractivity contribution in [1.82, 2.24) is 0 Å². The lowest BCUT2D eigenvalue weighted by Crippen LogP contribution is -2.01. The Morgan fingerprint density at radius 1 is 0.786 bits per heavy atom. The van der Waals surface area contributed by atoms with Crippen molar-refractivity contribution in [3.63, 3.8) is 0 Å². The number of rotatable bonds is 9. The van der Waals surface area contributed by atoms with Gasteiger partial charge in [0.2, 0.25) is 0 Å². The number of hydrogen-bond acceptors (Lipinski definition) is 0. The first-order chi connectivity index (χ1) is 6.56. The molecule has 0 saturated heterocycles. The molecule has 0 aromatic rings. The smallest absolute Gasteiger partial charge is 0.0716 e. The fourth-order valence-corrected chi connectivity index (χ4v) is 1.71. The predicted molar refractivity (Wildman–Crippen MR) is 67.0 cm³/mol. The van der Waals surface area contributed by atoms with Crippen LogP contribution in [0.15, 0.2) is 0 Å². The van der Waals surface area contributed by atoms with E-state index in [2.05, 4.69) is 20.8 Å². The van der Waals surface area contributed by atoms with E-state index in [4.69, 9.17) is 7.85 Å². The Balaban J connectivity index is 2.99. The zero-order valence-corrected chi connectivity index (χ0v) is 10.4. The average Bonchev–Trinajstić information content (AvgIpc) is 2.08. The van der Waals surface area contributed by atoms with E-state index in [0.29, 0.717) is 0 Å². The normalized spacial score (nSPS) is 11.9. The summed E-state index contributed by atoms with van der Waals surface area (Å²) in [5, 5.41) is 0.0439. The van der Waals surface area contributed by atoms with Gasteiger partial charge >= 0.3 is 0 Å². The molecule has 0 aliphatic heterocycles. The van der Waals surface area contributed by atoms with Gasteiger partial charge in [0.1, 0.15) is 0 Å². The number of unbranched alkanes of at least 4 members (excludes halogenated alkanes) is 7. The van der Waals surface area contributed by atoms with Crippen molar-refractivity contribution in [3.05, 3.63) is 0 Å². The minimum atomic E-state index is 0.0439. The zero-order valence-electron chi connectivity index (χ0n) is 10.4. The lowest BCUT2D eigenvalue weighted by atomic mass is 9.69. The van der Waals surface area contributed by atoms with Crippen LogP contribution in [0.25, 0.3) is 0 Å². The van der Waals surface area contributed by atoms with E-state index < -0.39 is 0 Å². The Kier molecular flexibility index (Phi) is 8.42. The fraction of sp³-hybridized carbons (Fsp3) is 1.00. The summed E-state index contributed by atoms with van der Waals surface area (Å²) in [5.41, 5.74) is 0. The van der Waals surface area contributed by atoms with E-state index in [9.17, 15) is 0 Å². The van der Waals surface area contributed by atoms with Crippen LogP contribution in [0.1, 0.15) is 78.6 Å². The third kappa shape index (κ3) is 12.1. The molecule has 1 heteroatoms. The maximum Gasteiger partial charge on any atom is 0.0738 e. The highest BCUT2D eigenvalue weighted by Crippen LogP contribution is 2.26. The summed E-state index contributed by atoms with van der Waals surface area (Å²) < 4.78 is 0. The highest BCUT2D eigenvalue weighted by molar-refractivity contribution is 6.14. The second-order valence-electron chi connectivity index (χ2n) is 5.21. The Labute approximate surface area is 92.3 Å². The van der Waals surface area contributed by atoms with Crippen LogP contribution in [0.3, 0.4) is 0 Å². The van der Waals surface area contributed by atoms with Crippen LogP contribution in [0.2, 0.25) is 5.31 Å². The van der Waals surface area contributed by atoms with Gasteiger partial charge in [-0.05, 0) is 0 Å². The van der Waals surface area contributed by atoms with Gasteiger partial charge in [-0.1, -0.05) is 83.9 Å². The van der Waals surface area contributed by atoms with Crippen molar-refractivity contribution < 1.29 is 0 Å². The highest BCUT2D eigenvalue weighted by atomic mass is 14.1. The first kappa shape index (κ1) is 14.1. The molecule has 0 unspecified atom stereocenters. The van der Waals surface area contributed by atoms with Crippen molar-refractivity contribution in [2.45, 2.75) is 83.9 Å². The maximum absolute atomic E-state index is 5.92. The molecule has 14 heavy (non-hydrogen) atoms. The average molecular weight is 194 g/mol. The van der Waals surface area contributed by atoms with Gasteiger partial charge in [0.05, 0.1) is 7.85 Å². The maximum atomic E-state index is 5.92. The molecule has 0 amide bonds. The predicted octanol–water partition coefficient (Wildman–Crippen LogP) is 4.88. The molecule has 0 N–H and O–H groups in total. The summed E-state index contributed by atoms with van der Waals surface area (Å²) >= 11 is 0. The molecular formula is C13H27B. The molecule has 0 aliphatic carbocycles. The minimum absolute atomic E-state index is 0.0439. The Bertz CT molecular complexity index is 113. The van der Waals surface area contributed by atoms with Gasteiger partial charge in [0, 0.05) is 0 Å². The molecule has 0 spiro atoms. The summed E-state index contributed by atoms with van der Waals surface area (Å²) in [6, 6.07) is 0. The van der Waals surface area contributed by atoms with Gasteiger partial charge in [-0.25, -0.2) is 0 Å². The van der Waals surface area contributed by atoms with Crippen molar-refractivity contribution in [2.75, 3.05) is 0 Å². The van der Waals surface area contributed by atoms with Crippen molar-refractivity contribution in [1.29, 1.82) is 0 Å². The summed E-state index contributed by atoms with van der Waals surface area (Å²) in [7, 11) is 5.92. The zero-order chi connectivity index (χ0) is 10.9. The molecule has 0 aromatic heterocycles. The third-order valence-corrected chi connectivity index (χ3v) is 2.67. The molecule has 0 rings (SSSR count). The Morgan fingerprint density at radius 2 is 1.21 bits per heavy atom. The van der Waals surface area contributed by atoms with Crippen LogP contribution in [-0.4, -0.2) is 7.85 Å². The van der Waals surface area contributed by atoms with Crippen molar-refractivity contribution >= 4 is 7.85 Å². The lowest BCUT2D eigenvalue weighted by molar-refractivity contribution is 0.521. The lowest BCUT2D eigenvalue weighted by Gasteiger charge is -2.17. The second-order valence-corrected chi connectivity index (χ2v) is 5.21. The molecule has 82 valence electrons. The molecule has 0 saturated carbocycles. The molecular weight excluding hydrogens is 167 g/mol. The van der Waals surface area contributed by atoms with E-state index in [1.165, 1.54) is 57.8 Å². The SMILES string of the molecule is [B]C(C)(C)CCCCCCCCCC. The van der Waals surface area contributed by atoms with Crippen molar-refractivity contribution in [2.24, 2.45) is 0 Å². The second kappa shape index (κ2) is 8.38. The first-order valence-electron chi connectivity index (χ1n) is 6.35. The van der Waals surface area contributed by atoms with E-state index in [1.807, 2.05) is 0 Å². The van der Waals surface area contributed by atoms with Crippen LogP contribution >= 0.6 is 0 Å². The van der Waals surface area contributed by atoms with Gasteiger partial charge in [0.15, 0.2) is 0 Å².